The van der Waals surface area contributed by atoms with E-state index >= 15 is 0 Å². The van der Waals surface area contributed by atoms with Crippen molar-refractivity contribution < 1.29 is 139 Å². The molecular weight excluding hydrogens is 1130 g/mol. The average molecular weight is 1230 g/mol. The first-order valence-corrected chi connectivity index (χ1v) is 30.5. The zero-order valence-corrected chi connectivity index (χ0v) is 48.4. The second kappa shape index (κ2) is 26.2. The number of fused-ring (bicyclic) bond motifs is 7. The zero-order valence-electron chi connectivity index (χ0n) is 48.4. The molecule has 18 N–H and O–H groups in total. The van der Waals surface area contributed by atoms with Gasteiger partial charge in [-0.3, -0.25) is 0 Å². The van der Waals surface area contributed by atoms with Crippen molar-refractivity contribution in [3.8, 4) is 0 Å². The van der Waals surface area contributed by atoms with Crippen LogP contribution in [0.15, 0.2) is 11.3 Å². The van der Waals surface area contributed by atoms with Crippen LogP contribution in [0.4, 0.5) is 0 Å². The van der Waals surface area contributed by atoms with Crippen molar-refractivity contribution in [2.24, 2.45) is 52.3 Å². The Labute approximate surface area is 492 Å². The Morgan fingerprint density at radius 3 is 1.55 bits per heavy atom. The average Bonchev–Trinajstić information content (AvgIpc) is 1.72. The summed E-state index contributed by atoms with van der Waals surface area (Å²) in [4.78, 5) is 0. The van der Waals surface area contributed by atoms with Crippen LogP contribution in [0.25, 0.3) is 0 Å². The fourth-order valence-electron chi connectivity index (χ4n) is 17.1. The Bertz CT molecular complexity index is 2250. The normalized spacial score (nSPS) is 54.0. The highest BCUT2D eigenvalue weighted by Crippen LogP contribution is 2.71. The molecule has 0 radical (unpaired) electrons. The summed E-state index contributed by atoms with van der Waals surface area (Å²) < 4.78 is 62.5. The Morgan fingerprint density at radius 1 is 0.506 bits per heavy atom. The molecule has 0 spiro atoms. The number of hydrogen-bond donors (Lipinski definition) is 18. The molecule has 0 aromatic rings. The van der Waals surface area contributed by atoms with E-state index in [9.17, 15) is 91.9 Å². The van der Waals surface area contributed by atoms with E-state index in [-0.39, 0.29) is 60.1 Å². The number of ether oxygens (including phenoxy) is 10. The molecule has 9 fully saturated rings. The van der Waals surface area contributed by atoms with Crippen LogP contribution in [0.1, 0.15) is 91.9 Å². The maximum Gasteiger partial charge on any atom is 0.203 e. The lowest BCUT2D eigenvalue weighted by Gasteiger charge is -2.63. The van der Waals surface area contributed by atoms with E-state index in [1.807, 2.05) is 6.92 Å². The molecule has 0 amide bonds. The number of aliphatic hydroxyl groups excluding tert-OH is 18. The van der Waals surface area contributed by atoms with Crippen molar-refractivity contribution in [3.63, 3.8) is 0 Å². The summed E-state index contributed by atoms with van der Waals surface area (Å²) in [5.41, 5.74) is 0.826. The molecule has 0 aromatic carbocycles. The Morgan fingerprint density at radius 2 is 1.00 bits per heavy atom. The molecule has 10 aliphatic rings. The molecule has 6 aliphatic heterocycles. The van der Waals surface area contributed by atoms with Crippen molar-refractivity contribution in [2.75, 3.05) is 39.6 Å². The predicted octanol–water partition coefficient (Wildman–Crippen LogP) is -5.59. The second-order valence-electron chi connectivity index (χ2n) is 26.7. The van der Waals surface area contributed by atoms with Gasteiger partial charge < -0.3 is 139 Å². The minimum atomic E-state index is -2.50. The lowest BCUT2D eigenvalue weighted by molar-refractivity contribution is -0.466. The first-order chi connectivity index (χ1) is 40.3. The minimum Gasteiger partial charge on any atom is -0.494 e. The molecule has 0 aromatic heterocycles. The number of rotatable bonds is 18. The molecule has 10 rings (SSSR count). The molecule has 85 heavy (non-hydrogen) atoms. The van der Waals surface area contributed by atoms with Crippen LogP contribution in [0.3, 0.4) is 0 Å². The molecular formula is C57H94O28. The van der Waals surface area contributed by atoms with Gasteiger partial charge in [0.25, 0.3) is 0 Å². The summed E-state index contributed by atoms with van der Waals surface area (Å²) in [6.45, 7) is 4.84. The van der Waals surface area contributed by atoms with Gasteiger partial charge in [0.05, 0.1) is 45.4 Å². The quantitative estimate of drug-likeness (QED) is 0.0608. The van der Waals surface area contributed by atoms with Crippen LogP contribution in [-0.2, 0) is 47.4 Å². The van der Waals surface area contributed by atoms with Gasteiger partial charge in [-0.25, -0.2) is 0 Å². The van der Waals surface area contributed by atoms with Gasteiger partial charge in [0, 0.05) is 18.3 Å². The van der Waals surface area contributed by atoms with Gasteiger partial charge >= 0.3 is 0 Å². The third-order valence-electron chi connectivity index (χ3n) is 22.0. The third kappa shape index (κ3) is 11.7. The SMILES string of the molecule is CC1=C(CC[C@@H](C)CO[C@@H]2O[C@H](CO)[C@@H](O)[C@H](O)[C@H]2O)O[C@H]2CC3C4CCC5CC([C@@]6(O[C@@H]7O[C@H](CO)[C@@H](O)[C@H](O)[C@H]7O)O[C@@H](CO)[C@H](O)[C@H](O[C@@H]7O[C@H](CO)[C@@H](O)[C@H](O)[C@H]7O)[C@H]6O[C@@H]6O[C@H](CO)[C@@H](O)[C@H](O)[C@H]6O)CC[C@]5(C)C4CC[C@]3(C)[C@@H]12. The topological polar surface area (TPSA) is 456 Å². The highest BCUT2D eigenvalue weighted by molar-refractivity contribution is 5.27. The monoisotopic (exact) mass is 1230 g/mol. The predicted molar refractivity (Wildman–Crippen MR) is 283 cm³/mol. The third-order valence-corrected chi connectivity index (χ3v) is 22.0. The summed E-state index contributed by atoms with van der Waals surface area (Å²) in [5, 5.41) is 195. The van der Waals surface area contributed by atoms with Crippen LogP contribution in [-0.4, -0.2) is 291 Å². The lowest BCUT2D eigenvalue weighted by atomic mass is 9.43. The Balaban J connectivity index is 0.925. The smallest absolute Gasteiger partial charge is 0.203 e. The van der Waals surface area contributed by atoms with Crippen molar-refractivity contribution >= 4 is 0 Å². The van der Waals surface area contributed by atoms with E-state index in [0.29, 0.717) is 37.5 Å². The highest BCUT2D eigenvalue weighted by Gasteiger charge is 2.69. The summed E-state index contributed by atoms with van der Waals surface area (Å²) in [7, 11) is 0. The van der Waals surface area contributed by atoms with Crippen molar-refractivity contribution in [1.82, 2.24) is 0 Å². The summed E-state index contributed by atoms with van der Waals surface area (Å²) in [5.74, 6) is -1.58. The molecule has 28 nitrogen and oxygen atoms in total. The number of aliphatic hydroxyl groups is 18. The molecule has 6 heterocycles. The van der Waals surface area contributed by atoms with Gasteiger partial charge in [0.2, 0.25) is 5.79 Å². The van der Waals surface area contributed by atoms with Gasteiger partial charge in [-0.05, 0) is 111 Å². The van der Waals surface area contributed by atoms with Crippen LogP contribution in [0.5, 0.6) is 0 Å². The van der Waals surface area contributed by atoms with Crippen molar-refractivity contribution in [2.45, 2.75) is 251 Å². The fraction of sp³-hybridized carbons (Fsp3) is 0.965. The molecule has 5 saturated heterocycles. The first-order valence-electron chi connectivity index (χ1n) is 30.5. The molecule has 4 aliphatic carbocycles. The van der Waals surface area contributed by atoms with E-state index < -0.39 is 192 Å². The molecule has 5 unspecified atom stereocenters. The van der Waals surface area contributed by atoms with Gasteiger partial charge in [-0.15, -0.1) is 0 Å². The van der Waals surface area contributed by atoms with Crippen LogP contribution < -0.4 is 0 Å². The Kier molecular flexibility index (Phi) is 20.5. The van der Waals surface area contributed by atoms with E-state index in [4.69, 9.17) is 47.4 Å². The van der Waals surface area contributed by atoms with Crippen LogP contribution in [0, 0.1) is 52.3 Å². The molecule has 490 valence electrons. The van der Waals surface area contributed by atoms with Gasteiger partial charge in [0.15, 0.2) is 25.2 Å². The number of allylic oxidation sites excluding steroid dienone is 1. The first kappa shape index (κ1) is 66.4. The van der Waals surface area contributed by atoms with E-state index in [1.165, 1.54) is 5.57 Å². The molecule has 28 heteroatoms. The van der Waals surface area contributed by atoms with Gasteiger partial charge in [0.1, 0.15) is 128 Å². The zero-order chi connectivity index (χ0) is 61.5. The van der Waals surface area contributed by atoms with Gasteiger partial charge in [-0.2, -0.15) is 0 Å². The largest absolute Gasteiger partial charge is 0.494 e. The summed E-state index contributed by atoms with van der Waals surface area (Å²) in [6.07, 6.45) is -36.6. The van der Waals surface area contributed by atoms with E-state index in [1.54, 1.807) is 0 Å². The standard InChI is InChI=1S/C57H94O28/c1-21(20-76-51-45(72)41(68)36(63)30(15-58)78-51)5-8-28-22(2)35-29(77-28)14-27-25-7-6-23-13-24(9-11-55(23,3)26(25)10-12-56(27,35)4)57(85-54-48(75)44(71)39(66)33(18-61)81-54)50(83-53-47(74)43(70)38(65)32(17-60)80-53)49(40(67)34(19-62)84-57)82-52-46(73)42(69)37(64)31(16-59)79-52/h21,23-27,29-54,58-75H,5-20H2,1-4H3/t21-,23?,24?,25?,26?,27?,29+,30-,31-,32-,33-,34+,35+,36-,37-,38-,39-,40+,41+,42+,43+,44+,45-,46-,47-,48-,49+,50-,51-,52+,53+,54+,55+,56+,57+/m1/s1. The molecule has 35 atom stereocenters. The minimum absolute atomic E-state index is 0.00445. The molecule has 0 bridgehead atoms. The van der Waals surface area contributed by atoms with Crippen molar-refractivity contribution in [1.29, 1.82) is 0 Å². The van der Waals surface area contributed by atoms with E-state index in [2.05, 4.69) is 20.8 Å². The number of hydrogen-bond acceptors (Lipinski definition) is 28. The lowest BCUT2D eigenvalue weighted by Crippen LogP contribution is -2.75. The van der Waals surface area contributed by atoms with Crippen molar-refractivity contribution in [3.05, 3.63) is 11.3 Å². The second-order valence-corrected chi connectivity index (χ2v) is 26.7. The Hall–Kier alpha value is -1.54. The molecule has 4 saturated carbocycles. The van der Waals surface area contributed by atoms with Gasteiger partial charge in [-0.1, -0.05) is 20.8 Å². The van der Waals surface area contributed by atoms with E-state index in [0.717, 1.165) is 31.4 Å². The highest BCUT2D eigenvalue weighted by atomic mass is 16.8. The maximum absolute atomic E-state index is 12.3. The maximum atomic E-state index is 12.3. The van der Waals surface area contributed by atoms with Crippen LogP contribution >= 0.6 is 0 Å². The summed E-state index contributed by atoms with van der Waals surface area (Å²) in [6, 6.07) is 0. The fourth-order valence-corrected chi connectivity index (χ4v) is 17.1. The summed E-state index contributed by atoms with van der Waals surface area (Å²) >= 11 is 0. The van der Waals surface area contributed by atoms with Crippen LogP contribution in [0.2, 0.25) is 0 Å².